The number of carboxylic acid groups (broad SMARTS) is 1. The third-order valence-corrected chi connectivity index (χ3v) is 3.55. The first-order valence-electron chi connectivity index (χ1n) is 7.17. The lowest BCUT2D eigenvalue weighted by molar-refractivity contribution is -0.137. The summed E-state index contributed by atoms with van der Waals surface area (Å²) in [5.41, 5.74) is 2.32. The largest absolute Gasteiger partial charge is 0.481 e. The molecule has 0 radical (unpaired) electrons. The minimum absolute atomic E-state index is 0.119. The molecule has 21 heavy (non-hydrogen) atoms. The van der Waals surface area contributed by atoms with Crippen LogP contribution >= 0.6 is 0 Å². The molecule has 0 saturated carbocycles. The van der Waals surface area contributed by atoms with Gasteiger partial charge in [-0.15, -0.1) is 0 Å². The third kappa shape index (κ3) is 5.08. The number of rotatable bonds is 8. The maximum Gasteiger partial charge on any atom is 0.303 e. The van der Waals surface area contributed by atoms with E-state index in [4.69, 9.17) is 9.52 Å². The second kappa shape index (κ2) is 7.64. The molecule has 0 aliphatic heterocycles. The van der Waals surface area contributed by atoms with Gasteiger partial charge in [0.25, 0.3) is 0 Å². The lowest BCUT2D eigenvalue weighted by atomic mass is 10.0. The minimum Gasteiger partial charge on any atom is -0.481 e. The van der Waals surface area contributed by atoms with Crippen LogP contribution in [-0.4, -0.2) is 17.1 Å². The van der Waals surface area contributed by atoms with Gasteiger partial charge in [-0.05, 0) is 37.0 Å². The van der Waals surface area contributed by atoms with E-state index in [1.807, 2.05) is 31.2 Å². The summed E-state index contributed by atoms with van der Waals surface area (Å²) in [6.45, 7) is 2.62. The number of aliphatic carboxylic acids is 1. The second-order valence-electron chi connectivity index (χ2n) is 5.23. The Labute approximate surface area is 124 Å². The molecule has 0 bridgehead atoms. The fourth-order valence-corrected chi connectivity index (χ4v) is 2.29. The first-order chi connectivity index (χ1) is 10.1. The van der Waals surface area contributed by atoms with Crippen molar-refractivity contribution in [2.45, 2.75) is 38.8 Å². The Balaban J connectivity index is 1.94. The molecule has 112 valence electrons. The van der Waals surface area contributed by atoms with E-state index in [9.17, 15) is 4.79 Å². The summed E-state index contributed by atoms with van der Waals surface area (Å²) in [6, 6.07) is 12.2. The summed E-state index contributed by atoms with van der Waals surface area (Å²) in [4.78, 5) is 10.8. The summed E-state index contributed by atoms with van der Waals surface area (Å²) >= 11 is 0. The summed E-state index contributed by atoms with van der Waals surface area (Å²) in [5.74, 6) is 0.146. The number of hydrogen-bond acceptors (Lipinski definition) is 3. The lowest BCUT2D eigenvalue weighted by Crippen LogP contribution is -2.31. The second-order valence-corrected chi connectivity index (χ2v) is 5.23. The molecule has 2 N–H and O–H groups in total. The molecular weight excluding hydrogens is 266 g/mol. The lowest BCUT2D eigenvalue weighted by Gasteiger charge is -2.18. The van der Waals surface area contributed by atoms with Gasteiger partial charge < -0.3 is 14.8 Å². The summed E-state index contributed by atoms with van der Waals surface area (Å²) in [7, 11) is 0. The van der Waals surface area contributed by atoms with Crippen LogP contribution in [0.15, 0.2) is 47.1 Å². The van der Waals surface area contributed by atoms with E-state index in [-0.39, 0.29) is 12.5 Å². The highest BCUT2D eigenvalue weighted by molar-refractivity contribution is 5.66. The zero-order valence-electron chi connectivity index (χ0n) is 12.2. The van der Waals surface area contributed by atoms with Gasteiger partial charge in [-0.3, -0.25) is 4.79 Å². The van der Waals surface area contributed by atoms with Crippen molar-refractivity contribution < 1.29 is 14.3 Å². The van der Waals surface area contributed by atoms with Crippen LogP contribution in [0.2, 0.25) is 0 Å². The third-order valence-electron chi connectivity index (χ3n) is 3.55. The van der Waals surface area contributed by atoms with Crippen molar-refractivity contribution in [3.8, 4) is 0 Å². The molecule has 4 nitrogen and oxygen atoms in total. The van der Waals surface area contributed by atoms with E-state index >= 15 is 0 Å². The van der Waals surface area contributed by atoms with E-state index in [1.54, 1.807) is 6.26 Å². The van der Waals surface area contributed by atoms with E-state index in [2.05, 4.69) is 17.4 Å². The van der Waals surface area contributed by atoms with Crippen molar-refractivity contribution in [3.63, 3.8) is 0 Å². The normalized spacial score (nSPS) is 12.2. The van der Waals surface area contributed by atoms with Gasteiger partial charge in [0.15, 0.2) is 0 Å². The highest BCUT2D eigenvalue weighted by Gasteiger charge is 2.13. The molecule has 1 aromatic heterocycles. The number of hydrogen-bond donors (Lipinski definition) is 2. The molecule has 0 aliphatic carbocycles. The average Bonchev–Trinajstić information content (AvgIpc) is 2.88. The molecule has 1 heterocycles. The Morgan fingerprint density at radius 1 is 1.29 bits per heavy atom. The van der Waals surface area contributed by atoms with Crippen LogP contribution in [0.4, 0.5) is 0 Å². The fourth-order valence-electron chi connectivity index (χ4n) is 2.29. The van der Waals surface area contributed by atoms with Crippen molar-refractivity contribution in [1.82, 2.24) is 5.32 Å². The maximum absolute atomic E-state index is 10.8. The smallest absolute Gasteiger partial charge is 0.303 e. The summed E-state index contributed by atoms with van der Waals surface area (Å²) < 4.78 is 5.41. The van der Waals surface area contributed by atoms with Crippen LogP contribution in [0, 0.1) is 6.92 Å². The Morgan fingerprint density at radius 2 is 2.05 bits per heavy atom. The van der Waals surface area contributed by atoms with E-state index < -0.39 is 5.97 Å². The predicted molar refractivity (Wildman–Crippen MR) is 81.1 cm³/mol. The van der Waals surface area contributed by atoms with Crippen molar-refractivity contribution in [1.29, 1.82) is 0 Å². The Kier molecular flexibility index (Phi) is 5.58. The van der Waals surface area contributed by atoms with Crippen LogP contribution in [-0.2, 0) is 17.8 Å². The van der Waals surface area contributed by atoms with Gasteiger partial charge in [-0.1, -0.05) is 30.3 Å². The molecule has 0 saturated heterocycles. The molecule has 2 aromatic rings. The quantitative estimate of drug-likeness (QED) is 0.783. The van der Waals surface area contributed by atoms with Crippen molar-refractivity contribution in [2.24, 2.45) is 0 Å². The summed E-state index contributed by atoms with van der Waals surface area (Å²) in [5, 5.41) is 12.3. The molecule has 0 amide bonds. The van der Waals surface area contributed by atoms with Gasteiger partial charge in [0.05, 0.1) is 12.8 Å². The molecule has 1 atom stereocenters. The van der Waals surface area contributed by atoms with Crippen LogP contribution in [0.5, 0.6) is 0 Å². The number of furan rings is 1. The van der Waals surface area contributed by atoms with Crippen molar-refractivity contribution >= 4 is 5.97 Å². The van der Waals surface area contributed by atoms with Crippen LogP contribution in [0.25, 0.3) is 0 Å². The molecule has 0 spiro atoms. The first-order valence-corrected chi connectivity index (χ1v) is 7.17. The van der Waals surface area contributed by atoms with Crippen LogP contribution in [0.3, 0.4) is 0 Å². The van der Waals surface area contributed by atoms with E-state index in [1.165, 1.54) is 5.56 Å². The van der Waals surface area contributed by atoms with Crippen LogP contribution in [0.1, 0.15) is 29.7 Å². The molecule has 2 rings (SSSR count). The van der Waals surface area contributed by atoms with Crippen molar-refractivity contribution in [3.05, 3.63) is 59.5 Å². The van der Waals surface area contributed by atoms with Gasteiger partial charge in [-0.25, -0.2) is 0 Å². The van der Waals surface area contributed by atoms with Gasteiger partial charge in [0, 0.05) is 12.5 Å². The fraction of sp³-hybridized carbons (Fsp3) is 0.353. The highest BCUT2D eigenvalue weighted by Crippen LogP contribution is 2.12. The Hall–Kier alpha value is -2.07. The van der Waals surface area contributed by atoms with Crippen molar-refractivity contribution in [2.75, 3.05) is 0 Å². The molecule has 1 aromatic carbocycles. The topological polar surface area (TPSA) is 62.5 Å². The number of aryl methyl sites for hydroxylation is 1. The number of benzene rings is 1. The zero-order chi connectivity index (χ0) is 15.1. The number of carboxylic acids is 1. The molecular formula is C17H21NO3. The molecule has 0 fully saturated rings. The average molecular weight is 287 g/mol. The van der Waals surface area contributed by atoms with Gasteiger partial charge in [0.1, 0.15) is 5.76 Å². The monoisotopic (exact) mass is 287 g/mol. The van der Waals surface area contributed by atoms with E-state index in [0.717, 1.165) is 17.7 Å². The minimum atomic E-state index is -0.760. The van der Waals surface area contributed by atoms with Gasteiger partial charge in [0.2, 0.25) is 0 Å². The SMILES string of the molecule is Cc1ccoc1CNC(CCC(=O)O)Cc1ccccc1. The summed E-state index contributed by atoms with van der Waals surface area (Å²) in [6.07, 6.45) is 3.26. The maximum atomic E-state index is 10.8. The number of carbonyl (C=O) groups is 1. The van der Waals surface area contributed by atoms with Crippen LogP contribution < -0.4 is 5.32 Å². The molecule has 0 aliphatic rings. The number of nitrogens with one attached hydrogen (secondary N) is 1. The van der Waals surface area contributed by atoms with Gasteiger partial charge >= 0.3 is 5.97 Å². The Morgan fingerprint density at radius 3 is 2.67 bits per heavy atom. The van der Waals surface area contributed by atoms with Gasteiger partial charge in [-0.2, -0.15) is 0 Å². The van der Waals surface area contributed by atoms with E-state index in [0.29, 0.717) is 13.0 Å². The molecule has 4 heteroatoms. The zero-order valence-corrected chi connectivity index (χ0v) is 12.2. The highest BCUT2D eigenvalue weighted by atomic mass is 16.4. The standard InChI is InChI=1S/C17H21NO3/c1-13-9-10-21-16(13)12-18-15(7-8-17(19)20)11-14-5-3-2-4-6-14/h2-6,9-10,15,18H,7-8,11-12H2,1H3,(H,19,20). The Bertz CT molecular complexity index is 562. The molecule has 1 unspecified atom stereocenters. The first kappa shape index (κ1) is 15.3. The predicted octanol–water partition coefficient (Wildman–Crippen LogP) is 3.15.